The van der Waals surface area contributed by atoms with Crippen molar-refractivity contribution in [2.24, 2.45) is 0 Å². The van der Waals surface area contributed by atoms with Crippen molar-refractivity contribution >= 4 is 0 Å². The van der Waals surface area contributed by atoms with Gasteiger partial charge in [-0.2, -0.15) is 5.26 Å². The number of methoxy groups -OCH3 is 2. The third kappa shape index (κ3) is 7.33. The van der Waals surface area contributed by atoms with Crippen LogP contribution in [0.15, 0.2) is 54.5 Å². The van der Waals surface area contributed by atoms with E-state index in [0.717, 1.165) is 42.1 Å². The van der Waals surface area contributed by atoms with E-state index in [2.05, 4.69) is 23.5 Å². The largest absolute Gasteiger partial charge is 0.497 e. The molecule has 1 heterocycles. The number of aryl methyl sites for hydroxylation is 1. The van der Waals surface area contributed by atoms with Gasteiger partial charge in [-0.25, -0.2) is 0 Å². The van der Waals surface area contributed by atoms with Gasteiger partial charge in [-0.1, -0.05) is 18.2 Å². The maximum absolute atomic E-state index is 9.52. The van der Waals surface area contributed by atoms with E-state index in [1.165, 1.54) is 5.56 Å². The van der Waals surface area contributed by atoms with Crippen LogP contribution in [0.4, 0.5) is 0 Å². The maximum Gasteiger partial charge on any atom is 0.244 e. The summed E-state index contributed by atoms with van der Waals surface area (Å²) >= 11 is 0. The van der Waals surface area contributed by atoms with Gasteiger partial charge >= 0.3 is 0 Å². The fourth-order valence-corrected chi connectivity index (χ4v) is 3.50. The minimum atomic E-state index is -0.626. The first-order valence-corrected chi connectivity index (χ1v) is 11.0. The minimum Gasteiger partial charge on any atom is -0.497 e. The molecule has 2 aromatic carbocycles. The van der Waals surface area contributed by atoms with E-state index in [9.17, 15) is 5.26 Å². The lowest BCUT2D eigenvalue weighted by Gasteiger charge is -2.18. The molecule has 0 fully saturated rings. The van der Waals surface area contributed by atoms with Crippen LogP contribution in [0.3, 0.4) is 0 Å². The zero-order chi connectivity index (χ0) is 23.7. The summed E-state index contributed by atoms with van der Waals surface area (Å²) in [4.78, 5) is 0. The van der Waals surface area contributed by atoms with Crippen molar-refractivity contribution in [2.75, 3.05) is 20.8 Å². The van der Waals surface area contributed by atoms with Gasteiger partial charge in [0.05, 0.1) is 26.3 Å². The van der Waals surface area contributed by atoms with Gasteiger partial charge in [0.25, 0.3) is 0 Å². The molecule has 0 bridgehead atoms. The van der Waals surface area contributed by atoms with Crippen LogP contribution in [0.5, 0.6) is 17.2 Å². The topological polar surface area (TPSA) is 82.0 Å². The molecule has 2 aromatic rings. The molecule has 0 aromatic heterocycles. The van der Waals surface area contributed by atoms with Gasteiger partial charge in [0, 0.05) is 32.0 Å². The molecule has 7 nitrogen and oxygen atoms in total. The Morgan fingerprint density at radius 1 is 1.06 bits per heavy atom. The number of benzene rings is 2. The predicted molar refractivity (Wildman–Crippen MR) is 125 cm³/mol. The molecule has 0 radical (unpaired) electrons. The number of rotatable bonds is 12. The Kier molecular flexibility index (Phi) is 8.45. The third-order valence-corrected chi connectivity index (χ3v) is 5.30. The molecule has 0 unspecified atom stereocenters. The van der Waals surface area contributed by atoms with Crippen LogP contribution in [0, 0.1) is 11.3 Å². The second-order valence-electron chi connectivity index (χ2n) is 8.27. The molecule has 176 valence electrons. The highest BCUT2D eigenvalue weighted by Gasteiger charge is 2.27. The van der Waals surface area contributed by atoms with E-state index in [0.29, 0.717) is 18.9 Å². The maximum atomic E-state index is 9.52. The van der Waals surface area contributed by atoms with Crippen LogP contribution < -0.4 is 19.5 Å². The summed E-state index contributed by atoms with van der Waals surface area (Å²) in [6.45, 7) is 4.60. The zero-order valence-electron chi connectivity index (χ0n) is 19.7. The van der Waals surface area contributed by atoms with Crippen LogP contribution in [0.25, 0.3) is 0 Å². The lowest BCUT2D eigenvalue weighted by molar-refractivity contribution is -0.119. The van der Waals surface area contributed by atoms with Crippen molar-refractivity contribution in [1.82, 2.24) is 5.32 Å². The summed E-state index contributed by atoms with van der Waals surface area (Å²) in [5, 5.41) is 12.8. The average molecular weight is 453 g/mol. The molecule has 1 aliphatic heterocycles. The molecule has 0 saturated heterocycles. The van der Waals surface area contributed by atoms with Gasteiger partial charge in [-0.15, -0.1) is 0 Å². The van der Waals surface area contributed by atoms with Crippen molar-refractivity contribution in [3.05, 3.63) is 65.6 Å². The first-order valence-electron chi connectivity index (χ1n) is 11.0. The molecule has 0 amide bonds. The average Bonchev–Trinajstić information content (AvgIpc) is 3.19. The van der Waals surface area contributed by atoms with Crippen molar-refractivity contribution in [1.29, 1.82) is 5.26 Å². The van der Waals surface area contributed by atoms with Gasteiger partial charge in [-0.05, 0) is 43.0 Å². The SMILES string of the molecule is COc1ccc(CN[C@@H](C#N)CCCc2ccc(OCC3=COC(C)(C)O3)cc2)c(OC)c1. The quantitative estimate of drug-likeness (QED) is 0.499. The van der Waals surface area contributed by atoms with Crippen LogP contribution in [0.1, 0.15) is 37.8 Å². The highest BCUT2D eigenvalue weighted by Crippen LogP contribution is 2.26. The standard InChI is InChI=1S/C26H32N2O5/c1-26(2)32-18-24(33-26)17-31-22-11-8-19(9-12-22)6-5-7-21(15-27)28-16-20-10-13-23(29-3)14-25(20)30-4/h8-14,18,21,28H,5-7,16-17H2,1-4H3/t21-/m1/s1. The van der Waals surface area contributed by atoms with Crippen molar-refractivity contribution in [3.63, 3.8) is 0 Å². The van der Waals surface area contributed by atoms with Crippen LogP contribution in [0.2, 0.25) is 0 Å². The molecule has 1 aliphatic rings. The summed E-state index contributed by atoms with van der Waals surface area (Å²) < 4.78 is 27.4. The Balaban J connectivity index is 1.40. The highest BCUT2D eigenvalue weighted by atomic mass is 16.7. The van der Waals surface area contributed by atoms with E-state index in [1.54, 1.807) is 20.5 Å². The second-order valence-corrected chi connectivity index (χ2v) is 8.27. The monoisotopic (exact) mass is 452 g/mol. The Hall–Kier alpha value is -3.37. The summed E-state index contributed by atoms with van der Waals surface area (Å²) in [6.07, 6.45) is 4.15. The lowest BCUT2D eigenvalue weighted by atomic mass is 10.0. The molecule has 0 spiro atoms. The fraction of sp³-hybridized carbons (Fsp3) is 0.423. The Labute approximate surface area is 195 Å². The molecule has 7 heteroatoms. The minimum absolute atomic E-state index is 0.231. The van der Waals surface area contributed by atoms with Gasteiger partial charge in [-0.3, -0.25) is 5.32 Å². The van der Waals surface area contributed by atoms with E-state index in [1.807, 2.05) is 44.2 Å². The number of nitrogens with zero attached hydrogens (tertiary/aromatic N) is 1. The van der Waals surface area contributed by atoms with Gasteiger partial charge in [0.2, 0.25) is 5.79 Å². The predicted octanol–water partition coefficient (Wildman–Crippen LogP) is 4.71. The second kappa shape index (κ2) is 11.5. The summed E-state index contributed by atoms with van der Waals surface area (Å²) in [6, 6.07) is 15.8. The van der Waals surface area contributed by atoms with Crippen LogP contribution >= 0.6 is 0 Å². The Morgan fingerprint density at radius 3 is 2.45 bits per heavy atom. The van der Waals surface area contributed by atoms with Crippen LogP contribution in [-0.4, -0.2) is 32.7 Å². The van der Waals surface area contributed by atoms with E-state index in [4.69, 9.17) is 23.7 Å². The van der Waals surface area contributed by atoms with Crippen molar-refractivity contribution < 1.29 is 23.7 Å². The number of hydrogen-bond acceptors (Lipinski definition) is 7. The fourth-order valence-electron chi connectivity index (χ4n) is 3.50. The molecule has 0 saturated carbocycles. The zero-order valence-corrected chi connectivity index (χ0v) is 19.7. The first-order chi connectivity index (χ1) is 15.9. The number of nitrogens with one attached hydrogen (secondary N) is 1. The number of ether oxygens (including phenoxy) is 5. The molecule has 0 aliphatic carbocycles. The molecule has 1 N–H and O–H groups in total. The van der Waals surface area contributed by atoms with Crippen molar-refractivity contribution in [2.45, 2.75) is 51.5 Å². The Morgan fingerprint density at radius 2 is 1.82 bits per heavy atom. The van der Waals surface area contributed by atoms with E-state index >= 15 is 0 Å². The number of hydrogen-bond donors (Lipinski definition) is 1. The molecular formula is C26H32N2O5. The first kappa shape index (κ1) is 24.3. The van der Waals surface area contributed by atoms with Crippen LogP contribution in [-0.2, 0) is 22.4 Å². The third-order valence-electron chi connectivity index (χ3n) is 5.30. The van der Waals surface area contributed by atoms with Crippen molar-refractivity contribution in [3.8, 4) is 23.3 Å². The summed E-state index contributed by atoms with van der Waals surface area (Å²) in [5.74, 6) is 2.31. The van der Waals surface area contributed by atoms with Gasteiger partial charge in [0.15, 0.2) is 5.76 Å². The Bertz CT molecular complexity index is 979. The van der Waals surface area contributed by atoms with Gasteiger partial charge < -0.3 is 23.7 Å². The molecule has 3 rings (SSSR count). The summed E-state index contributed by atoms with van der Waals surface area (Å²) in [5.41, 5.74) is 2.19. The van der Waals surface area contributed by atoms with E-state index in [-0.39, 0.29) is 6.04 Å². The summed E-state index contributed by atoms with van der Waals surface area (Å²) in [7, 11) is 3.25. The normalized spacial score (nSPS) is 14.9. The number of nitriles is 1. The molecule has 33 heavy (non-hydrogen) atoms. The van der Waals surface area contributed by atoms with Gasteiger partial charge in [0.1, 0.15) is 30.1 Å². The smallest absolute Gasteiger partial charge is 0.244 e. The van der Waals surface area contributed by atoms with E-state index < -0.39 is 5.79 Å². The molecule has 1 atom stereocenters. The molecular weight excluding hydrogens is 420 g/mol. The highest BCUT2D eigenvalue weighted by molar-refractivity contribution is 5.40. The lowest BCUT2D eigenvalue weighted by Crippen LogP contribution is -2.27.